The van der Waals surface area contributed by atoms with Gasteiger partial charge in [0.25, 0.3) is 0 Å². The lowest BCUT2D eigenvalue weighted by Crippen LogP contribution is -2.52. The van der Waals surface area contributed by atoms with E-state index < -0.39 is 0 Å². The number of nitrogens with zero attached hydrogens (tertiary/aromatic N) is 6. The first-order valence-electron chi connectivity index (χ1n) is 16.1. The summed E-state index contributed by atoms with van der Waals surface area (Å²) in [6.07, 6.45) is 8.38. The van der Waals surface area contributed by atoms with Gasteiger partial charge < -0.3 is 30.3 Å². The van der Waals surface area contributed by atoms with Gasteiger partial charge in [0.05, 0.1) is 24.6 Å². The molecular formula is C33H48N8O2. The van der Waals surface area contributed by atoms with Crippen molar-refractivity contribution >= 4 is 28.4 Å². The topological polar surface area (TPSA) is 102 Å². The van der Waals surface area contributed by atoms with E-state index in [0.717, 1.165) is 90.3 Å². The number of likely N-dealkylation sites (N-methyl/N-ethyl adjacent to an activating group) is 1. The van der Waals surface area contributed by atoms with E-state index in [2.05, 4.69) is 57.5 Å². The second-order valence-corrected chi connectivity index (χ2v) is 12.4. The molecule has 1 saturated carbocycles. The molecule has 0 radical (unpaired) electrons. The van der Waals surface area contributed by atoms with E-state index >= 15 is 0 Å². The van der Waals surface area contributed by atoms with Crippen molar-refractivity contribution in [2.24, 2.45) is 0 Å². The molecule has 2 atom stereocenters. The number of aliphatic hydroxyl groups is 1. The number of piperidine rings is 1. The van der Waals surface area contributed by atoms with Crippen LogP contribution in [-0.4, -0.2) is 109 Å². The largest absolute Gasteiger partial charge is 0.495 e. The maximum Gasteiger partial charge on any atom is 0.153 e. The van der Waals surface area contributed by atoms with Crippen LogP contribution in [-0.2, 0) is 6.42 Å². The van der Waals surface area contributed by atoms with Crippen molar-refractivity contribution in [3.05, 3.63) is 30.1 Å². The summed E-state index contributed by atoms with van der Waals surface area (Å²) in [6.45, 7) is 8.85. The molecule has 2 aliphatic heterocycles. The molecule has 2 aromatic heterocycles. The van der Waals surface area contributed by atoms with Gasteiger partial charge in [0.1, 0.15) is 22.6 Å². The van der Waals surface area contributed by atoms with E-state index in [1.54, 1.807) is 7.11 Å². The number of anilines is 3. The third-order valence-electron chi connectivity index (χ3n) is 9.68. The zero-order valence-electron chi connectivity index (χ0n) is 26.3. The van der Waals surface area contributed by atoms with Gasteiger partial charge in [0, 0.05) is 70.2 Å². The molecule has 3 aromatic rings. The first-order valence-corrected chi connectivity index (χ1v) is 16.1. The Hall–Kier alpha value is -3.21. The van der Waals surface area contributed by atoms with Crippen LogP contribution < -0.4 is 20.3 Å². The number of aliphatic hydroxyl groups excluding tert-OH is 1. The fraction of sp³-hybridized carbons (Fsp3) is 0.606. The average molecular weight is 589 g/mol. The van der Waals surface area contributed by atoms with Crippen molar-refractivity contribution in [2.75, 3.05) is 76.0 Å². The fourth-order valence-corrected chi connectivity index (χ4v) is 7.08. The monoisotopic (exact) mass is 588 g/mol. The van der Waals surface area contributed by atoms with Crippen LogP contribution in [0.1, 0.15) is 51.1 Å². The van der Waals surface area contributed by atoms with E-state index in [1.807, 2.05) is 13.2 Å². The third-order valence-corrected chi connectivity index (χ3v) is 9.68. The van der Waals surface area contributed by atoms with Gasteiger partial charge in [-0.05, 0) is 69.7 Å². The summed E-state index contributed by atoms with van der Waals surface area (Å²) >= 11 is 0. The van der Waals surface area contributed by atoms with Crippen LogP contribution in [0.4, 0.5) is 17.3 Å². The van der Waals surface area contributed by atoms with E-state index in [1.165, 1.54) is 39.0 Å². The van der Waals surface area contributed by atoms with Crippen molar-refractivity contribution < 1.29 is 9.84 Å². The Bertz CT molecular complexity index is 1400. The molecule has 1 aliphatic carbocycles. The van der Waals surface area contributed by atoms with Crippen LogP contribution in [0.5, 0.6) is 5.75 Å². The number of rotatable bonds is 8. The SMILES string of the molecule is CCc1nc2c(NC)ncc(-c3ccc(N4CCC(N5CCN(C)CC5)CC4)c(OC)c3)c2nc1NC1CCCC(O)C1. The van der Waals surface area contributed by atoms with Crippen LogP contribution in [0.25, 0.3) is 22.2 Å². The molecule has 2 unspecified atom stereocenters. The Morgan fingerprint density at radius 3 is 2.47 bits per heavy atom. The Morgan fingerprint density at radius 1 is 0.977 bits per heavy atom. The minimum Gasteiger partial charge on any atom is -0.495 e. The zero-order chi connectivity index (χ0) is 29.9. The van der Waals surface area contributed by atoms with Crippen molar-refractivity contribution in [3.63, 3.8) is 0 Å². The van der Waals surface area contributed by atoms with Crippen molar-refractivity contribution in [3.8, 4) is 16.9 Å². The number of benzene rings is 1. The normalized spacial score (nSPS) is 22.6. The van der Waals surface area contributed by atoms with Crippen LogP contribution in [0.15, 0.2) is 24.4 Å². The third kappa shape index (κ3) is 6.37. The molecule has 1 aromatic carbocycles. The second-order valence-electron chi connectivity index (χ2n) is 12.4. The van der Waals surface area contributed by atoms with Gasteiger partial charge in [-0.3, -0.25) is 4.90 Å². The minimum absolute atomic E-state index is 0.189. The number of nitrogens with one attached hydrogen (secondary N) is 2. The molecule has 0 amide bonds. The number of methoxy groups -OCH3 is 1. The van der Waals surface area contributed by atoms with Gasteiger partial charge in [-0.1, -0.05) is 13.0 Å². The van der Waals surface area contributed by atoms with Crippen LogP contribution in [0.2, 0.25) is 0 Å². The predicted octanol–water partition coefficient (Wildman–Crippen LogP) is 4.24. The van der Waals surface area contributed by atoms with Gasteiger partial charge >= 0.3 is 0 Å². The molecule has 3 aliphatic rings. The summed E-state index contributed by atoms with van der Waals surface area (Å²) in [5, 5.41) is 17.1. The van der Waals surface area contributed by atoms with Gasteiger partial charge in [0.15, 0.2) is 5.82 Å². The molecule has 4 heterocycles. The van der Waals surface area contributed by atoms with E-state index in [0.29, 0.717) is 11.9 Å². The smallest absolute Gasteiger partial charge is 0.153 e. The number of hydrogen-bond acceptors (Lipinski definition) is 10. The molecule has 0 bridgehead atoms. The minimum atomic E-state index is -0.260. The van der Waals surface area contributed by atoms with Crippen molar-refractivity contribution in [2.45, 2.75) is 70.1 Å². The number of aryl methyl sites for hydroxylation is 1. The van der Waals surface area contributed by atoms with Gasteiger partial charge in [-0.25, -0.2) is 15.0 Å². The lowest BCUT2D eigenvalue weighted by atomic mass is 9.93. The van der Waals surface area contributed by atoms with Crippen molar-refractivity contribution in [1.29, 1.82) is 0 Å². The van der Waals surface area contributed by atoms with Crippen molar-refractivity contribution in [1.82, 2.24) is 24.8 Å². The Labute approximate surface area is 255 Å². The standard InChI is InChI=1S/C33H48N8O2/c1-5-27-32(36-23-7-6-8-25(42)20-23)38-30-26(21-35-33(34-2)31(30)37-27)22-9-10-28(29(19-22)43-4)41-13-11-24(12-14-41)40-17-15-39(3)16-18-40/h9-10,19,21,23-25,42H,5-8,11-18,20H2,1-4H3,(H,34,35)(H,36,38). The molecule has 2 saturated heterocycles. The van der Waals surface area contributed by atoms with E-state index in [-0.39, 0.29) is 12.1 Å². The summed E-state index contributed by atoms with van der Waals surface area (Å²) in [7, 11) is 5.85. The van der Waals surface area contributed by atoms with Crippen LogP contribution >= 0.6 is 0 Å². The Kier molecular flexibility index (Phi) is 9.16. The summed E-state index contributed by atoms with van der Waals surface area (Å²) in [6, 6.07) is 7.34. The van der Waals surface area contributed by atoms with Gasteiger partial charge in [-0.2, -0.15) is 0 Å². The van der Waals surface area contributed by atoms with Crippen LogP contribution in [0.3, 0.4) is 0 Å². The number of pyridine rings is 1. The highest BCUT2D eigenvalue weighted by Gasteiger charge is 2.28. The number of piperazine rings is 1. The maximum atomic E-state index is 10.3. The molecule has 3 fully saturated rings. The molecule has 43 heavy (non-hydrogen) atoms. The predicted molar refractivity (Wildman–Crippen MR) is 174 cm³/mol. The summed E-state index contributed by atoms with van der Waals surface area (Å²) in [5.74, 6) is 2.39. The lowest BCUT2D eigenvalue weighted by molar-refractivity contribution is 0.0981. The number of hydrogen-bond donors (Lipinski definition) is 3. The highest BCUT2D eigenvalue weighted by molar-refractivity contribution is 5.98. The van der Waals surface area contributed by atoms with E-state index in [4.69, 9.17) is 19.7 Å². The van der Waals surface area contributed by atoms with E-state index in [9.17, 15) is 5.11 Å². The highest BCUT2D eigenvalue weighted by atomic mass is 16.5. The molecule has 3 N–H and O–H groups in total. The van der Waals surface area contributed by atoms with Crippen LogP contribution in [0, 0.1) is 0 Å². The first-order chi connectivity index (χ1) is 21.0. The second kappa shape index (κ2) is 13.2. The van der Waals surface area contributed by atoms with Gasteiger partial charge in [-0.15, -0.1) is 0 Å². The molecule has 232 valence electrons. The number of fused-ring (bicyclic) bond motifs is 1. The molecule has 10 heteroatoms. The molecule has 10 nitrogen and oxygen atoms in total. The first kappa shape index (κ1) is 29.8. The fourth-order valence-electron chi connectivity index (χ4n) is 7.08. The maximum absolute atomic E-state index is 10.3. The quantitative estimate of drug-likeness (QED) is 0.354. The molecular weight excluding hydrogens is 540 g/mol. The molecule has 0 spiro atoms. The summed E-state index contributed by atoms with van der Waals surface area (Å²) in [5.41, 5.74) is 5.55. The Balaban J connectivity index is 1.28. The number of ether oxygens (including phenoxy) is 1. The summed E-state index contributed by atoms with van der Waals surface area (Å²) in [4.78, 5) is 22.6. The van der Waals surface area contributed by atoms with Gasteiger partial charge in [0.2, 0.25) is 0 Å². The Morgan fingerprint density at radius 2 is 1.77 bits per heavy atom. The summed E-state index contributed by atoms with van der Waals surface area (Å²) < 4.78 is 5.98. The lowest BCUT2D eigenvalue weighted by Gasteiger charge is -2.42. The number of aromatic nitrogens is 3. The highest BCUT2D eigenvalue weighted by Crippen LogP contribution is 2.38. The average Bonchev–Trinajstić information content (AvgIpc) is 3.04. The zero-order valence-corrected chi connectivity index (χ0v) is 26.3. The molecule has 6 rings (SSSR count).